The van der Waals surface area contributed by atoms with Crippen molar-refractivity contribution in [3.63, 3.8) is 0 Å². The molecule has 0 saturated heterocycles. The van der Waals surface area contributed by atoms with Gasteiger partial charge >= 0.3 is 13.6 Å². The second-order valence-corrected chi connectivity index (χ2v) is 6.62. The zero-order valence-corrected chi connectivity index (χ0v) is 14.2. The van der Waals surface area contributed by atoms with E-state index >= 15 is 0 Å². The van der Waals surface area contributed by atoms with Crippen molar-refractivity contribution in [2.24, 2.45) is 0 Å². The van der Waals surface area contributed by atoms with Crippen molar-refractivity contribution in [2.75, 3.05) is 6.16 Å². The van der Waals surface area contributed by atoms with Crippen LogP contribution in [0.5, 0.6) is 0 Å². The second-order valence-electron chi connectivity index (χ2n) is 4.97. The monoisotopic (exact) mass is 345 g/mol. The third-order valence-electron chi connectivity index (χ3n) is 2.77. The number of carboxylic acids is 1. The fourth-order valence-corrected chi connectivity index (χ4v) is 1.94. The number of rotatable bonds is 7. The molecule has 1 rings (SSSR count). The van der Waals surface area contributed by atoms with E-state index < -0.39 is 31.7 Å². The van der Waals surface area contributed by atoms with E-state index in [2.05, 4.69) is 19.2 Å². The van der Waals surface area contributed by atoms with Gasteiger partial charge in [-0.25, -0.2) is 4.79 Å². The fraction of sp³-hybridized carbons (Fsp3) is 0.467. The van der Waals surface area contributed by atoms with Crippen molar-refractivity contribution in [1.82, 2.24) is 5.32 Å². The highest BCUT2D eigenvalue weighted by atomic mass is 31.2. The number of amides is 1. The van der Waals surface area contributed by atoms with Gasteiger partial charge in [-0.1, -0.05) is 57.0 Å². The van der Waals surface area contributed by atoms with Crippen LogP contribution in [-0.2, 0) is 20.6 Å². The quantitative estimate of drug-likeness (QED) is 0.559. The first kappa shape index (κ1) is 21.3. The molecule has 0 spiro atoms. The van der Waals surface area contributed by atoms with Crippen LogP contribution in [0.4, 0.5) is 0 Å². The molecule has 1 atom stereocenters. The van der Waals surface area contributed by atoms with E-state index in [1.54, 1.807) is 30.3 Å². The number of carbonyl (C=O) groups is 2. The minimum atomic E-state index is -4.50. The third kappa shape index (κ3) is 11.5. The van der Waals surface area contributed by atoms with Gasteiger partial charge in [0, 0.05) is 6.42 Å². The number of hydrogen-bond acceptors (Lipinski definition) is 3. The number of carboxylic acid groups (broad SMARTS) is 1. The molecule has 8 heteroatoms. The molecule has 0 fully saturated rings. The van der Waals surface area contributed by atoms with Crippen LogP contribution in [0.1, 0.15) is 32.3 Å². The first-order chi connectivity index (χ1) is 10.7. The third-order valence-corrected chi connectivity index (χ3v) is 3.46. The van der Waals surface area contributed by atoms with Gasteiger partial charge < -0.3 is 20.2 Å². The first-order valence-corrected chi connectivity index (χ1v) is 9.10. The summed E-state index contributed by atoms with van der Waals surface area (Å²) >= 11 is 0. The van der Waals surface area contributed by atoms with E-state index in [4.69, 9.17) is 14.9 Å². The average Bonchev–Trinajstić information content (AvgIpc) is 2.46. The number of benzene rings is 1. The van der Waals surface area contributed by atoms with Gasteiger partial charge in [0.25, 0.3) is 0 Å². The number of carbonyl (C=O) groups excluding carboxylic acids is 1. The standard InChI is InChI=1S/C11H14NO6P.C4H10/c13-10(7-19(16,17)18)12-9(11(14)15)6-8-4-2-1-3-5-8;1-3-4-2/h1-5,9H,6-7H2,(H,12,13)(H,14,15)(H2,16,17,18);3-4H2,1-2H3. The van der Waals surface area contributed by atoms with Gasteiger partial charge in [-0.2, -0.15) is 0 Å². The molecule has 0 aliphatic heterocycles. The molecule has 23 heavy (non-hydrogen) atoms. The predicted octanol–water partition coefficient (Wildman–Crippen LogP) is 1.78. The predicted molar refractivity (Wildman–Crippen MR) is 87.2 cm³/mol. The first-order valence-electron chi connectivity index (χ1n) is 7.30. The van der Waals surface area contributed by atoms with Crippen LogP contribution in [0, 0.1) is 0 Å². The van der Waals surface area contributed by atoms with Crippen molar-refractivity contribution in [2.45, 2.75) is 39.2 Å². The van der Waals surface area contributed by atoms with Gasteiger partial charge in [-0.3, -0.25) is 9.36 Å². The summed E-state index contributed by atoms with van der Waals surface area (Å²) < 4.78 is 10.6. The summed E-state index contributed by atoms with van der Waals surface area (Å²) in [6, 6.07) is 7.40. The molecule has 0 aliphatic carbocycles. The Balaban J connectivity index is 0.00000108. The Morgan fingerprint density at radius 2 is 1.65 bits per heavy atom. The van der Waals surface area contributed by atoms with E-state index in [1.165, 1.54) is 12.8 Å². The SMILES string of the molecule is CCCC.O=C(CP(=O)(O)O)NC(Cc1ccccc1)C(=O)O. The summed E-state index contributed by atoms with van der Waals surface area (Å²) in [5, 5.41) is 11.1. The molecular formula is C15H24NO6P. The van der Waals surface area contributed by atoms with Gasteiger partial charge in [0.2, 0.25) is 5.91 Å². The largest absolute Gasteiger partial charge is 0.480 e. The second kappa shape index (κ2) is 10.9. The van der Waals surface area contributed by atoms with Crippen molar-refractivity contribution < 1.29 is 29.0 Å². The van der Waals surface area contributed by atoms with Gasteiger partial charge in [0.1, 0.15) is 12.2 Å². The maximum atomic E-state index is 11.3. The van der Waals surface area contributed by atoms with E-state index in [9.17, 15) is 14.2 Å². The average molecular weight is 345 g/mol. The van der Waals surface area contributed by atoms with Crippen LogP contribution in [0.3, 0.4) is 0 Å². The Morgan fingerprint density at radius 1 is 1.13 bits per heavy atom. The molecule has 7 nitrogen and oxygen atoms in total. The summed E-state index contributed by atoms with van der Waals surface area (Å²) in [6.45, 7) is 4.36. The smallest absolute Gasteiger partial charge is 0.334 e. The number of nitrogens with one attached hydrogen (secondary N) is 1. The van der Waals surface area contributed by atoms with Crippen molar-refractivity contribution >= 4 is 19.5 Å². The highest BCUT2D eigenvalue weighted by Crippen LogP contribution is 2.33. The fourth-order valence-electron chi connectivity index (χ4n) is 1.48. The Kier molecular flexibility index (Phi) is 10.1. The molecule has 0 heterocycles. The van der Waals surface area contributed by atoms with Gasteiger partial charge in [0.05, 0.1) is 0 Å². The zero-order valence-electron chi connectivity index (χ0n) is 13.3. The number of aliphatic carboxylic acids is 1. The zero-order chi connectivity index (χ0) is 17.9. The minimum absolute atomic E-state index is 0.0447. The van der Waals surface area contributed by atoms with E-state index in [1.807, 2.05) is 0 Å². The molecule has 0 aromatic heterocycles. The Labute approximate surface area is 135 Å². The minimum Gasteiger partial charge on any atom is -0.480 e. The van der Waals surface area contributed by atoms with Crippen LogP contribution in [0.2, 0.25) is 0 Å². The molecular weight excluding hydrogens is 321 g/mol. The summed E-state index contributed by atoms with van der Waals surface area (Å²) in [5.41, 5.74) is 0.700. The lowest BCUT2D eigenvalue weighted by molar-refractivity contribution is -0.141. The summed E-state index contributed by atoms with van der Waals surface area (Å²) in [4.78, 5) is 39.6. The van der Waals surface area contributed by atoms with Gasteiger partial charge in [-0.15, -0.1) is 0 Å². The number of unbranched alkanes of at least 4 members (excludes halogenated alkanes) is 1. The highest BCUT2D eigenvalue weighted by Gasteiger charge is 2.25. The van der Waals surface area contributed by atoms with Gasteiger partial charge in [-0.05, 0) is 5.56 Å². The maximum absolute atomic E-state index is 11.3. The lowest BCUT2D eigenvalue weighted by Gasteiger charge is -2.14. The van der Waals surface area contributed by atoms with Crippen molar-refractivity contribution in [3.8, 4) is 0 Å². The van der Waals surface area contributed by atoms with Crippen LogP contribution < -0.4 is 5.32 Å². The van der Waals surface area contributed by atoms with Crippen LogP contribution in [0.15, 0.2) is 30.3 Å². The molecule has 1 unspecified atom stereocenters. The van der Waals surface area contributed by atoms with Crippen LogP contribution in [-0.4, -0.2) is 39.0 Å². The normalized spacial score (nSPS) is 11.8. The van der Waals surface area contributed by atoms with E-state index in [0.717, 1.165) is 0 Å². The molecule has 1 aromatic rings. The van der Waals surface area contributed by atoms with E-state index in [0.29, 0.717) is 5.56 Å². The van der Waals surface area contributed by atoms with Crippen molar-refractivity contribution in [3.05, 3.63) is 35.9 Å². The highest BCUT2D eigenvalue weighted by molar-refractivity contribution is 7.52. The molecule has 0 aliphatic rings. The summed E-state index contributed by atoms with van der Waals surface area (Å²) in [6.07, 6.45) is 1.66. The lowest BCUT2D eigenvalue weighted by Crippen LogP contribution is -2.43. The topological polar surface area (TPSA) is 124 Å². The Morgan fingerprint density at radius 3 is 2.04 bits per heavy atom. The summed E-state index contributed by atoms with van der Waals surface area (Å²) in [7, 11) is -4.50. The molecule has 1 amide bonds. The Bertz CT molecular complexity index is 526. The molecule has 1 aromatic carbocycles. The molecule has 0 saturated carbocycles. The molecule has 0 bridgehead atoms. The van der Waals surface area contributed by atoms with E-state index in [-0.39, 0.29) is 6.42 Å². The van der Waals surface area contributed by atoms with Crippen molar-refractivity contribution in [1.29, 1.82) is 0 Å². The molecule has 130 valence electrons. The summed E-state index contributed by atoms with van der Waals surface area (Å²) in [5.74, 6) is -2.25. The van der Waals surface area contributed by atoms with Crippen LogP contribution in [0.25, 0.3) is 0 Å². The molecule has 0 radical (unpaired) electrons. The maximum Gasteiger partial charge on any atom is 0.334 e. The lowest BCUT2D eigenvalue weighted by atomic mass is 10.1. The number of hydrogen-bond donors (Lipinski definition) is 4. The van der Waals surface area contributed by atoms with Crippen LogP contribution >= 0.6 is 7.60 Å². The molecule has 4 N–H and O–H groups in total. The Hall–Kier alpha value is -1.69. The van der Waals surface area contributed by atoms with Gasteiger partial charge in [0.15, 0.2) is 0 Å².